The number of carbonyl (C=O) groups is 1. The van der Waals surface area contributed by atoms with Crippen LogP contribution in [0.4, 0.5) is 4.39 Å². The van der Waals surface area contributed by atoms with Crippen molar-refractivity contribution < 1.29 is 13.9 Å². The Morgan fingerprint density at radius 1 is 1.29 bits per heavy atom. The summed E-state index contributed by atoms with van der Waals surface area (Å²) in [7, 11) is 0. The highest BCUT2D eigenvalue weighted by molar-refractivity contribution is 9.10. The Kier molecular flexibility index (Phi) is 5.07. The van der Waals surface area contributed by atoms with Crippen LogP contribution in [0.5, 0.6) is 5.75 Å². The maximum atomic E-state index is 13.4. The van der Waals surface area contributed by atoms with Gasteiger partial charge >= 0.3 is 0 Å². The number of halogens is 2. The SMILES string of the molecule is N#Cc1cc(Br)ccc1OCC(=O)Cc1ccccc1F. The van der Waals surface area contributed by atoms with Crippen LogP contribution in [0.25, 0.3) is 0 Å². The molecule has 0 bridgehead atoms. The summed E-state index contributed by atoms with van der Waals surface area (Å²) in [6, 6.07) is 13.1. The van der Waals surface area contributed by atoms with E-state index in [1.807, 2.05) is 6.07 Å². The van der Waals surface area contributed by atoms with Gasteiger partial charge in [0, 0.05) is 10.9 Å². The van der Waals surface area contributed by atoms with Gasteiger partial charge in [-0.3, -0.25) is 4.79 Å². The first-order valence-corrected chi connectivity index (χ1v) is 6.97. The van der Waals surface area contributed by atoms with Gasteiger partial charge in [0.2, 0.25) is 0 Å². The Morgan fingerprint density at radius 3 is 2.76 bits per heavy atom. The van der Waals surface area contributed by atoms with Gasteiger partial charge in [-0.1, -0.05) is 34.1 Å². The number of benzene rings is 2. The summed E-state index contributed by atoms with van der Waals surface area (Å²) in [4.78, 5) is 11.8. The Morgan fingerprint density at radius 2 is 2.05 bits per heavy atom. The minimum atomic E-state index is -0.410. The largest absolute Gasteiger partial charge is 0.484 e. The fraction of sp³-hybridized carbons (Fsp3) is 0.125. The highest BCUT2D eigenvalue weighted by Gasteiger charge is 2.10. The molecule has 0 saturated carbocycles. The number of rotatable bonds is 5. The number of nitrogens with zero attached hydrogens (tertiary/aromatic N) is 1. The van der Waals surface area contributed by atoms with Crippen molar-refractivity contribution in [3.8, 4) is 11.8 Å². The first-order valence-electron chi connectivity index (χ1n) is 6.17. The van der Waals surface area contributed by atoms with Crippen LogP contribution in [0.1, 0.15) is 11.1 Å². The number of ether oxygens (including phenoxy) is 1. The lowest BCUT2D eigenvalue weighted by molar-refractivity contribution is -0.120. The Hall–Kier alpha value is -2.19. The molecular formula is C16H11BrFNO2. The Bertz CT molecular complexity index is 710. The second-order valence-corrected chi connectivity index (χ2v) is 5.26. The standard InChI is InChI=1S/C16H11BrFNO2/c17-13-5-6-16(12(7-13)9-19)21-10-14(20)8-11-3-1-2-4-15(11)18/h1-7H,8,10H2. The van der Waals surface area contributed by atoms with E-state index in [2.05, 4.69) is 15.9 Å². The molecule has 0 aliphatic carbocycles. The molecule has 2 aromatic rings. The van der Waals surface area contributed by atoms with Crippen LogP contribution in [0, 0.1) is 17.1 Å². The van der Waals surface area contributed by atoms with Crippen molar-refractivity contribution in [3.63, 3.8) is 0 Å². The molecule has 2 rings (SSSR count). The van der Waals surface area contributed by atoms with Crippen molar-refractivity contribution >= 4 is 21.7 Å². The van der Waals surface area contributed by atoms with Crippen LogP contribution in [-0.4, -0.2) is 12.4 Å². The summed E-state index contributed by atoms with van der Waals surface area (Å²) >= 11 is 3.25. The van der Waals surface area contributed by atoms with Crippen LogP contribution in [0.3, 0.4) is 0 Å². The molecule has 0 radical (unpaired) electrons. The van der Waals surface area contributed by atoms with Crippen molar-refractivity contribution in [2.45, 2.75) is 6.42 Å². The van der Waals surface area contributed by atoms with Crippen molar-refractivity contribution in [2.24, 2.45) is 0 Å². The third-order valence-electron chi connectivity index (χ3n) is 2.80. The number of ketones is 1. The fourth-order valence-electron chi connectivity index (χ4n) is 1.78. The summed E-state index contributed by atoms with van der Waals surface area (Å²) in [6.07, 6.45) is -0.0366. The lowest BCUT2D eigenvalue weighted by atomic mass is 10.1. The van der Waals surface area contributed by atoms with Crippen LogP contribution in [-0.2, 0) is 11.2 Å². The van der Waals surface area contributed by atoms with Crippen LogP contribution in [0.2, 0.25) is 0 Å². The summed E-state index contributed by atoms with van der Waals surface area (Å²) in [5, 5.41) is 8.99. The lowest BCUT2D eigenvalue weighted by Crippen LogP contribution is -2.15. The number of Topliss-reactive ketones (excluding diaryl/α,β-unsaturated/α-hetero) is 1. The van der Waals surface area contributed by atoms with E-state index in [-0.39, 0.29) is 18.8 Å². The molecule has 0 amide bonds. The van der Waals surface area contributed by atoms with Gasteiger partial charge in [-0.25, -0.2) is 4.39 Å². The normalized spacial score (nSPS) is 9.95. The lowest BCUT2D eigenvalue weighted by Gasteiger charge is -2.08. The molecule has 0 aliphatic rings. The second-order valence-electron chi connectivity index (χ2n) is 4.35. The van der Waals surface area contributed by atoms with E-state index in [9.17, 15) is 9.18 Å². The first kappa shape index (κ1) is 15.2. The molecule has 0 atom stereocenters. The van der Waals surface area contributed by atoms with Gasteiger partial charge in [0.05, 0.1) is 5.56 Å². The highest BCUT2D eigenvalue weighted by atomic mass is 79.9. The van der Waals surface area contributed by atoms with Crippen molar-refractivity contribution in [1.29, 1.82) is 5.26 Å². The van der Waals surface area contributed by atoms with Gasteiger partial charge < -0.3 is 4.74 Å². The molecule has 0 aliphatic heterocycles. The van der Waals surface area contributed by atoms with Gasteiger partial charge in [0.15, 0.2) is 5.78 Å². The molecule has 0 spiro atoms. The van der Waals surface area contributed by atoms with E-state index < -0.39 is 5.82 Å². The van der Waals surface area contributed by atoms with E-state index >= 15 is 0 Å². The van der Waals surface area contributed by atoms with E-state index in [0.29, 0.717) is 16.9 Å². The minimum Gasteiger partial charge on any atom is -0.484 e. The summed E-state index contributed by atoms with van der Waals surface area (Å²) in [5.74, 6) is -0.332. The molecule has 0 aromatic heterocycles. The average molecular weight is 348 g/mol. The maximum Gasteiger partial charge on any atom is 0.174 e. The molecule has 0 fully saturated rings. The molecule has 3 nitrogen and oxygen atoms in total. The third-order valence-corrected chi connectivity index (χ3v) is 3.29. The highest BCUT2D eigenvalue weighted by Crippen LogP contribution is 2.22. The first-order chi connectivity index (χ1) is 10.1. The summed E-state index contributed by atoms with van der Waals surface area (Å²) < 4.78 is 19.5. The third kappa shape index (κ3) is 4.14. The van der Waals surface area contributed by atoms with Crippen molar-refractivity contribution in [3.05, 3.63) is 63.9 Å². The zero-order chi connectivity index (χ0) is 15.2. The van der Waals surface area contributed by atoms with E-state index in [1.165, 1.54) is 6.07 Å². The Labute approximate surface area is 130 Å². The van der Waals surface area contributed by atoms with E-state index in [0.717, 1.165) is 4.47 Å². The van der Waals surface area contributed by atoms with E-state index in [1.54, 1.807) is 36.4 Å². The average Bonchev–Trinajstić information content (AvgIpc) is 2.48. The Balaban J connectivity index is 1.99. The van der Waals surface area contributed by atoms with Crippen LogP contribution < -0.4 is 4.74 Å². The van der Waals surface area contributed by atoms with Gasteiger partial charge in [0.1, 0.15) is 24.2 Å². The second kappa shape index (κ2) is 7.00. The predicted molar refractivity (Wildman–Crippen MR) is 79.5 cm³/mol. The summed E-state index contributed by atoms with van der Waals surface area (Å²) in [5.41, 5.74) is 0.672. The smallest absolute Gasteiger partial charge is 0.174 e. The fourth-order valence-corrected chi connectivity index (χ4v) is 2.14. The van der Waals surface area contributed by atoms with E-state index in [4.69, 9.17) is 10.00 Å². The molecule has 106 valence electrons. The predicted octanol–water partition coefficient (Wildman–Crippen LogP) is 3.65. The van der Waals surface area contributed by atoms with Gasteiger partial charge in [-0.2, -0.15) is 5.26 Å². The van der Waals surface area contributed by atoms with Crippen molar-refractivity contribution in [2.75, 3.05) is 6.61 Å². The molecule has 0 saturated heterocycles. The topological polar surface area (TPSA) is 50.1 Å². The van der Waals surface area contributed by atoms with Crippen LogP contribution in [0.15, 0.2) is 46.9 Å². The maximum absolute atomic E-state index is 13.4. The molecule has 0 N–H and O–H groups in total. The molecule has 21 heavy (non-hydrogen) atoms. The van der Waals surface area contributed by atoms with Crippen molar-refractivity contribution in [1.82, 2.24) is 0 Å². The zero-order valence-corrected chi connectivity index (χ0v) is 12.6. The molecule has 5 heteroatoms. The number of hydrogen-bond donors (Lipinski definition) is 0. The quantitative estimate of drug-likeness (QED) is 0.829. The monoisotopic (exact) mass is 347 g/mol. The summed E-state index contributed by atoms with van der Waals surface area (Å²) in [6.45, 7) is -0.204. The number of carbonyl (C=O) groups excluding carboxylic acids is 1. The van der Waals surface area contributed by atoms with Crippen LogP contribution >= 0.6 is 15.9 Å². The number of nitriles is 1. The molecular weight excluding hydrogens is 337 g/mol. The zero-order valence-electron chi connectivity index (χ0n) is 11.0. The van der Waals surface area contributed by atoms with Gasteiger partial charge in [0.25, 0.3) is 0 Å². The molecule has 2 aromatic carbocycles. The van der Waals surface area contributed by atoms with Gasteiger partial charge in [-0.15, -0.1) is 0 Å². The van der Waals surface area contributed by atoms with Gasteiger partial charge in [-0.05, 0) is 29.8 Å². The number of hydrogen-bond acceptors (Lipinski definition) is 3. The molecule has 0 unspecified atom stereocenters. The molecule has 0 heterocycles. The minimum absolute atomic E-state index is 0.0366.